The molecule has 23 heavy (non-hydrogen) atoms. The fourth-order valence-corrected chi connectivity index (χ4v) is 2.32. The zero-order valence-electron chi connectivity index (χ0n) is 13.4. The van der Waals surface area contributed by atoms with Crippen molar-refractivity contribution < 1.29 is 5.11 Å². The zero-order valence-corrected chi connectivity index (χ0v) is 13.4. The fourth-order valence-electron chi connectivity index (χ4n) is 2.32. The molecule has 1 aromatic carbocycles. The fraction of sp³-hybridized carbons (Fsp3) is 0.333. The molecule has 0 spiro atoms. The normalized spacial score (nSPS) is 12.7. The summed E-state index contributed by atoms with van der Waals surface area (Å²) in [4.78, 5) is 8.32. The first-order valence-corrected chi connectivity index (χ1v) is 7.82. The first kappa shape index (κ1) is 17.0. The van der Waals surface area contributed by atoms with E-state index in [4.69, 9.17) is 0 Å². The minimum absolute atomic E-state index is 0.0491. The molecule has 5 heteroatoms. The molecular weight excluding hydrogens is 288 g/mol. The van der Waals surface area contributed by atoms with Crippen molar-refractivity contribution in [3.05, 3.63) is 66.0 Å². The molecule has 0 fully saturated rings. The van der Waals surface area contributed by atoms with E-state index in [0.717, 1.165) is 24.5 Å². The van der Waals surface area contributed by atoms with Crippen LogP contribution in [-0.4, -0.2) is 42.8 Å². The molecule has 5 nitrogen and oxygen atoms in total. The zero-order chi connectivity index (χ0) is 16.3. The van der Waals surface area contributed by atoms with E-state index in [-0.39, 0.29) is 12.5 Å². The van der Waals surface area contributed by atoms with Crippen LogP contribution in [0, 0.1) is 0 Å². The minimum Gasteiger partial charge on any atom is -0.396 e. The van der Waals surface area contributed by atoms with Gasteiger partial charge in [-0.3, -0.25) is 9.98 Å². The molecule has 0 amide bonds. The van der Waals surface area contributed by atoms with E-state index in [1.165, 1.54) is 5.56 Å². The maximum atomic E-state index is 9.58. The summed E-state index contributed by atoms with van der Waals surface area (Å²) in [6.45, 7) is 1.51. The van der Waals surface area contributed by atoms with Crippen LogP contribution < -0.4 is 10.6 Å². The Kier molecular flexibility index (Phi) is 7.07. The molecule has 122 valence electrons. The van der Waals surface area contributed by atoms with E-state index in [2.05, 4.69) is 26.7 Å². The number of aliphatic hydroxyl groups excluding tert-OH is 1. The van der Waals surface area contributed by atoms with Gasteiger partial charge in [0, 0.05) is 38.4 Å². The summed E-state index contributed by atoms with van der Waals surface area (Å²) in [7, 11) is 1.75. The average Bonchev–Trinajstić information content (AvgIpc) is 2.62. The monoisotopic (exact) mass is 312 g/mol. The van der Waals surface area contributed by atoms with E-state index in [1.54, 1.807) is 13.2 Å². The Balaban J connectivity index is 1.78. The lowest BCUT2D eigenvalue weighted by Crippen LogP contribution is -2.40. The van der Waals surface area contributed by atoms with Gasteiger partial charge in [-0.25, -0.2) is 0 Å². The Hall–Kier alpha value is -2.40. The standard InChI is InChI=1S/C18H24N4O/c1-19-18(21-11-9-15-6-5-10-20-12-15)22-13-17(14-23)16-7-3-2-4-8-16/h2-8,10,12,17,23H,9,11,13-14H2,1H3,(H2,19,21,22). The van der Waals surface area contributed by atoms with Gasteiger partial charge in [0.15, 0.2) is 5.96 Å². The van der Waals surface area contributed by atoms with Gasteiger partial charge in [-0.05, 0) is 23.6 Å². The van der Waals surface area contributed by atoms with Crippen molar-refractivity contribution in [3.8, 4) is 0 Å². The van der Waals surface area contributed by atoms with Crippen molar-refractivity contribution in [1.29, 1.82) is 0 Å². The lowest BCUT2D eigenvalue weighted by molar-refractivity contribution is 0.265. The van der Waals surface area contributed by atoms with Gasteiger partial charge in [0.1, 0.15) is 0 Å². The first-order valence-electron chi connectivity index (χ1n) is 7.82. The number of guanidine groups is 1. The smallest absolute Gasteiger partial charge is 0.191 e. The largest absolute Gasteiger partial charge is 0.396 e. The summed E-state index contributed by atoms with van der Waals surface area (Å²) in [5, 5.41) is 16.1. The van der Waals surface area contributed by atoms with Crippen LogP contribution >= 0.6 is 0 Å². The summed E-state index contributed by atoms with van der Waals surface area (Å²) in [5.74, 6) is 0.788. The number of nitrogens with one attached hydrogen (secondary N) is 2. The van der Waals surface area contributed by atoms with E-state index in [1.807, 2.05) is 42.6 Å². The van der Waals surface area contributed by atoms with Crippen LogP contribution in [0.1, 0.15) is 17.0 Å². The highest BCUT2D eigenvalue weighted by Gasteiger charge is 2.10. The number of aliphatic hydroxyl groups is 1. The molecule has 0 bridgehead atoms. The van der Waals surface area contributed by atoms with Gasteiger partial charge in [0.25, 0.3) is 0 Å². The van der Waals surface area contributed by atoms with Crippen molar-refractivity contribution in [2.75, 3.05) is 26.7 Å². The number of pyridine rings is 1. The van der Waals surface area contributed by atoms with Crippen LogP contribution in [0.3, 0.4) is 0 Å². The minimum atomic E-state index is 0.0491. The van der Waals surface area contributed by atoms with Crippen molar-refractivity contribution in [3.63, 3.8) is 0 Å². The highest BCUT2D eigenvalue weighted by atomic mass is 16.3. The molecule has 0 radical (unpaired) electrons. The summed E-state index contributed by atoms with van der Waals surface area (Å²) >= 11 is 0. The summed E-state index contributed by atoms with van der Waals surface area (Å²) in [5.41, 5.74) is 2.31. The topological polar surface area (TPSA) is 69.5 Å². The number of aliphatic imine (C=N–C) groups is 1. The van der Waals surface area contributed by atoms with Crippen molar-refractivity contribution >= 4 is 5.96 Å². The van der Waals surface area contributed by atoms with E-state index in [0.29, 0.717) is 6.54 Å². The molecular formula is C18H24N4O. The molecule has 0 aliphatic heterocycles. The molecule has 2 rings (SSSR count). The Morgan fingerprint density at radius 2 is 2.00 bits per heavy atom. The van der Waals surface area contributed by atoms with Crippen LogP contribution in [0.5, 0.6) is 0 Å². The number of aromatic nitrogens is 1. The highest BCUT2D eigenvalue weighted by Crippen LogP contribution is 2.13. The van der Waals surface area contributed by atoms with Crippen LogP contribution in [0.15, 0.2) is 59.9 Å². The van der Waals surface area contributed by atoms with Gasteiger partial charge >= 0.3 is 0 Å². The second kappa shape index (κ2) is 9.58. The third-order valence-corrected chi connectivity index (χ3v) is 3.66. The second-order valence-electron chi connectivity index (χ2n) is 5.28. The molecule has 3 N–H and O–H groups in total. The Morgan fingerprint density at radius 3 is 2.65 bits per heavy atom. The van der Waals surface area contributed by atoms with Gasteiger partial charge in [-0.1, -0.05) is 36.4 Å². The van der Waals surface area contributed by atoms with E-state index in [9.17, 15) is 5.11 Å². The van der Waals surface area contributed by atoms with Crippen LogP contribution in [-0.2, 0) is 6.42 Å². The summed E-state index contributed by atoms with van der Waals surface area (Å²) < 4.78 is 0. The molecule has 2 aromatic rings. The Morgan fingerprint density at radius 1 is 1.17 bits per heavy atom. The van der Waals surface area contributed by atoms with Gasteiger partial charge in [-0.2, -0.15) is 0 Å². The number of benzene rings is 1. The molecule has 1 heterocycles. The third-order valence-electron chi connectivity index (χ3n) is 3.66. The number of rotatable bonds is 7. The lowest BCUT2D eigenvalue weighted by Gasteiger charge is -2.18. The highest BCUT2D eigenvalue weighted by molar-refractivity contribution is 5.79. The summed E-state index contributed by atoms with van der Waals surface area (Å²) in [6.07, 6.45) is 4.53. The summed E-state index contributed by atoms with van der Waals surface area (Å²) in [6, 6.07) is 14.0. The molecule has 0 aliphatic carbocycles. The maximum absolute atomic E-state index is 9.58. The van der Waals surface area contributed by atoms with Gasteiger partial charge in [0.05, 0.1) is 6.61 Å². The molecule has 1 unspecified atom stereocenters. The van der Waals surface area contributed by atoms with Crippen molar-refractivity contribution in [2.45, 2.75) is 12.3 Å². The Labute approximate surface area is 137 Å². The predicted molar refractivity (Wildman–Crippen MR) is 93.6 cm³/mol. The first-order chi connectivity index (χ1) is 11.3. The molecule has 1 aromatic heterocycles. The van der Waals surface area contributed by atoms with Crippen LogP contribution in [0.25, 0.3) is 0 Å². The number of hydrogen-bond acceptors (Lipinski definition) is 3. The van der Waals surface area contributed by atoms with Gasteiger partial charge < -0.3 is 15.7 Å². The third kappa shape index (κ3) is 5.71. The quantitative estimate of drug-likeness (QED) is 0.536. The maximum Gasteiger partial charge on any atom is 0.191 e. The number of nitrogens with zero attached hydrogens (tertiary/aromatic N) is 2. The Bertz CT molecular complexity index is 586. The van der Waals surface area contributed by atoms with Crippen LogP contribution in [0.2, 0.25) is 0 Å². The van der Waals surface area contributed by atoms with Gasteiger partial charge in [0.2, 0.25) is 0 Å². The SMILES string of the molecule is CN=C(NCCc1cccnc1)NCC(CO)c1ccccc1. The molecule has 0 aliphatic rings. The number of hydrogen-bond donors (Lipinski definition) is 3. The lowest BCUT2D eigenvalue weighted by atomic mass is 10.0. The molecule has 0 saturated carbocycles. The van der Waals surface area contributed by atoms with Gasteiger partial charge in [-0.15, -0.1) is 0 Å². The van der Waals surface area contributed by atoms with E-state index >= 15 is 0 Å². The molecule has 1 atom stereocenters. The second-order valence-corrected chi connectivity index (χ2v) is 5.28. The van der Waals surface area contributed by atoms with Crippen molar-refractivity contribution in [2.24, 2.45) is 4.99 Å². The van der Waals surface area contributed by atoms with Crippen molar-refractivity contribution in [1.82, 2.24) is 15.6 Å². The van der Waals surface area contributed by atoms with Crippen LogP contribution in [0.4, 0.5) is 0 Å². The van der Waals surface area contributed by atoms with E-state index < -0.39 is 0 Å². The predicted octanol–water partition coefficient (Wildman–Crippen LogP) is 1.57. The molecule has 0 saturated heterocycles. The average molecular weight is 312 g/mol.